The quantitative estimate of drug-likeness (QED) is 0.156. The number of hydrogen-bond donors (Lipinski definition) is 9. The summed E-state index contributed by atoms with van der Waals surface area (Å²) in [5, 5.41) is 91.5. The molecule has 0 bridgehead atoms. The molecule has 2 aromatic carbocycles. The van der Waals surface area contributed by atoms with Gasteiger partial charge in [0.25, 0.3) is 0 Å². The summed E-state index contributed by atoms with van der Waals surface area (Å²) >= 11 is 0. The third-order valence-electron chi connectivity index (χ3n) is 7.10. The van der Waals surface area contributed by atoms with Crippen LogP contribution in [0.5, 0.6) is 23.0 Å². The molecule has 41 heavy (non-hydrogen) atoms. The Kier molecular flexibility index (Phi) is 9.69. The number of ether oxygens (including phenoxy) is 4. The van der Waals surface area contributed by atoms with Gasteiger partial charge in [0.05, 0.1) is 12.7 Å². The highest BCUT2D eigenvalue weighted by Gasteiger charge is 2.51. The molecule has 2 aromatic rings. The molecule has 14 heteroatoms. The number of rotatable bonds is 9. The van der Waals surface area contributed by atoms with Crippen LogP contribution in [0.1, 0.15) is 29.3 Å². The van der Waals surface area contributed by atoms with Crippen molar-refractivity contribution in [3.63, 3.8) is 0 Å². The molecule has 0 amide bonds. The summed E-state index contributed by atoms with van der Waals surface area (Å²) in [4.78, 5) is 12.7. The lowest BCUT2D eigenvalue weighted by Gasteiger charge is -2.45. The third-order valence-corrected chi connectivity index (χ3v) is 7.10. The first-order valence-electron chi connectivity index (χ1n) is 12.9. The average Bonchev–Trinajstić information content (AvgIpc) is 2.93. The molecule has 14 nitrogen and oxygen atoms in total. The van der Waals surface area contributed by atoms with Crippen molar-refractivity contribution in [1.82, 2.24) is 0 Å². The lowest BCUT2D eigenvalue weighted by molar-refractivity contribution is -0.354. The van der Waals surface area contributed by atoms with Gasteiger partial charge in [0, 0.05) is 18.6 Å². The number of carbonyl (C=O) groups is 1. The molecule has 2 fully saturated rings. The zero-order chi connectivity index (χ0) is 30.0. The number of Topliss-reactive ketones (excluding diaryl/α,β-unsaturated/α-hetero) is 1. The molecule has 0 radical (unpaired) electrons. The van der Waals surface area contributed by atoms with Crippen LogP contribution in [0.3, 0.4) is 0 Å². The van der Waals surface area contributed by atoms with Crippen molar-refractivity contribution < 1.29 is 69.7 Å². The molecule has 0 unspecified atom stereocenters. The Bertz CT molecular complexity index is 1170. The third kappa shape index (κ3) is 6.72. The second-order valence-electron chi connectivity index (χ2n) is 10.0. The minimum atomic E-state index is -1.77. The van der Waals surface area contributed by atoms with Gasteiger partial charge in [-0.05, 0) is 31.0 Å². The maximum Gasteiger partial charge on any atom is 0.229 e. The fourth-order valence-electron chi connectivity index (χ4n) is 4.70. The van der Waals surface area contributed by atoms with Crippen LogP contribution in [0.4, 0.5) is 0 Å². The smallest absolute Gasteiger partial charge is 0.229 e. The summed E-state index contributed by atoms with van der Waals surface area (Å²) in [5.41, 5.74) is 0.385. The molecule has 226 valence electrons. The van der Waals surface area contributed by atoms with E-state index < -0.39 is 85.3 Å². The van der Waals surface area contributed by atoms with Crippen LogP contribution in [-0.4, -0.2) is 120 Å². The summed E-state index contributed by atoms with van der Waals surface area (Å²) in [6.07, 6.45) is -15.3. The second kappa shape index (κ2) is 12.9. The highest BCUT2D eigenvalue weighted by molar-refractivity contribution is 6.01. The minimum Gasteiger partial charge on any atom is -0.508 e. The molecule has 2 saturated heterocycles. The first-order chi connectivity index (χ1) is 19.4. The molecule has 2 aliphatic rings. The number of phenols is 3. The molecular formula is C27H34O14. The zero-order valence-corrected chi connectivity index (χ0v) is 21.9. The van der Waals surface area contributed by atoms with Gasteiger partial charge in [-0.2, -0.15) is 0 Å². The van der Waals surface area contributed by atoms with Crippen molar-refractivity contribution in [3.8, 4) is 23.0 Å². The van der Waals surface area contributed by atoms with Gasteiger partial charge in [-0.3, -0.25) is 4.79 Å². The van der Waals surface area contributed by atoms with Gasteiger partial charge in [-0.1, -0.05) is 12.1 Å². The summed E-state index contributed by atoms with van der Waals surface area (Å²) in [6, 6.07) is 8.22. The number of hydrogen-bond acceptors (Lipinski definition) is 14. The molecule has 0 saturated carbocycles. The van der Waals surface area contributed by atoms with Crippen molar-refractivity contribution >= 4 is 5.78 Å². The zero-order valence-electron chi connectivity index (χ0n) is 21.9. The molecule has 10 atom stereocenters. The highest BCUT2D eigenvalue weighted by atomic mass is 16.8. The monoisotopic (exact) mass is 582 g/mol. The summed E-state index contributed by atoms with van der Waals surface area (Å²) in [7, 11) is 0. The predicted molar refractivity (Wildman–Crippen MR) is 136 cm³/mol. The first-order valence-corrected chi connectivity index (χ1v) is 12.9. The standard InChI is InChI=1S/C27H34O14/c1-11-20(33)22(35)24(37)26(38-11)41-25-23(36)21(34)18(10-28)40-27(25)39-14-8-16(31)19(17(32)9-14)15(30)7-4-12-2-5-13(29)6-3-12/h2-3,5-6,8-9,11,18,20-29,31-37H,4,7,10H2,1H3/t11-,18+,20-,21+,22+,23-,24+,25+,26+,27-/m0/s1. The number of aryl methyl sites for hydroxylation is 1. The number of carbonyl (C=O) groups excluding carboxylic acids is 1. The van der Waals surface area contributed by atoms with Crippen LogP contribution < -0.4 is 4.74 Å². The molecule has 4 rings (SSSR count). The molecule has 9 N–H and O–H groups in total. The number of aromatic hydroxyl groups is 3. The maximum absolute atomic E-state index is 12.7. The van der Waals surface area contributed by atoms with Crippen LogP contribution >= 0.6 is 0 Å². The van der Waals surface area contributed by atoms with Crippen molar-refractivity contribution in [2.75, 3.05) is 6.61 Å². The van der Waals surface area contributed by atoms with Gasteiger partial charge in [0.1, 0.15) is 65.2 Å². The molecule has 2 heterocycles. The fraction of sp³-hybridized carbons (Fsp3) is 0.519. The Morgan fingerprint density at radius 1 is 0.829 bits per heavy atom. The number of benzene rings is 2. The number of aliphatic hydroxyl groups is 6. The van der Waals surface area contributed by atoms with Crippen molar-refractivity contribution in [2.24, 2.45) is 0 Å². The van der Waals surface area contributed by atoms with Crippen molar-refractivity contribution in [2.45, 2.75) is 81.2 Å². The van der Waals surface area contributed by atoms with Crippen molar-refractivity contribution in [1.29, 1.82) is 0 Å². The summed E-state index contributed by atoms with van der Waals surface area (Å²) in [5.74, 6) is -2.00. The predicted octanol–water partition coefficient (Wildman–Crippen LogP) is -1.35. The van der Waals surface area contributed by atoms with E-state index in [1.165, 1.54) is 19.1 Å². The Morgan fingerprint density at radius 2 is 1.46 bits per heavy atom. The van der Waals surface area contributed by atoms with E-state index in [1.54, 1.807) is 12.1 Å². The SMILES string of the molecule is C[C@@H]1O[C@H](O[C@H]2[C@@H](Oc3cc(O)c(C(=O)CCc4ccc(O)cc4)c(O)c3)O[C@H](CO)[C@@H](O)[C@@H]2O)[C@H](O)[C@H](O)[C@H]1O. The number of aliphatic hydroxyl groups excluding tert-OH is 6. The largest absolute Gasteiger partial charge is 0.508 e. The minimum absolute atomic E-state index is 0.0706. The van der Waals surface area contributed by atoms with Gasteiger partial charge in [-0.15, -0.1) is 0 Å². The van der Waals surface area contributed by atoms with E-state index in [2.05, 4.69) is 0 Å². The summed E-state index contributed by atoms with van der Waals surface area (Å²) < 4.78 is 22.2. The van der Waals surface area contributed by atoms with Crippen LogP contribution in [0, 0.1) is 0 Å². The lowest BCUT2D eigenvalue weighted by atomic mass is 9.97. The summed E-state index contributed by atoms with van der Waals surface area (Å²) in [6.45, 7) is 0.675. The van der Waals surface area contributed by atoms with E-state index in [9.17, 15) is 50.8 Å². The molecule has 0 aromatic heterocycles. The Hall–Kier alpha value is -3.05. The molecule has 0 spiro atoms. The van der Waals surface area contributed by atoms with Crippen LogP contribution in [0.2, 0.25) is 0 Å². The van der Waals surface area contributed by atoms with Crippen molar-refractivity contribution in [3.05, 3.63) is 47.5 Å². The topological polar surface area (TPSA) is 236 Å². The molecule has 2 aliphatic heterocycles. The maximum atomic E-state index is 12.7. The Labute approximate surface area is 234 Å². The van der Waals surface area contributed by atoms with E-state index >= 15 is 0 Å². The second-order valence-corrected chi connectivity index (χ2v) is 10.0. The van der Waals surface area contributed by atoms with Gasteiger partial charge in [0.2, 0.25) is 6.29 Å². The number of ketones is 1. The van der Waals surface area contributed by atoms with Gasteiger partial charge in [-0.25, -0.2) is 0 Å². The normalized spacial score (nSPS) is 33.8. The fourth-order valence-corrected chi connectivity index (χ4v) is 4.70. The molecule has 0 aliphatic carbocycles. The lowest BCUT2D eigenvalue weighted by Crippen LogP contribution is -2.64. The molecular weight excluding hydrogens is 548 g/mol. The van der Waals surface area contributed by atoms with Gasteiger partial charge < -0.3 is 64.9 Å². The van der Waals surface area contributed by atoms with E-state index in [-0.39, 0.29) is 29.9 Å². The van der Waals surface area contributed by atoms with Crippen LogP contribution in [0.25, 0.3) is 0 Å². The number of phenolic OH excluding ortho intramolecular Hbond substituents is 3. The highest BCUT2D eigenvalue weighted by Crippen LogP contribution is 2.36. The van der Waals surface area contributed by atoms with E-state index in [1.807, 2.05) is 0 Å². The average molecular weight is 583 g/mol. The van der Waals surface area contributed by atoms with Gasteiger partial charge >= 0.3 is 0 Å². The van der Waals surface area contributed by atoms with Gasteiger partial charge in [0.15, 0.2) is 18.2 Å². The Morgan fingerprint density at radius 3 is 2.07 bits per heavy atom. The van der Waals surface area contributed by atoms with E-state index in [0.717, 1.165) is 17.7 Å². The van der Waals surface area contributed by atoms with Crippen LogP contribution in [0.15, 0.2) is 36.4 Å². The Balaban J connectivity index is 1.52. The first kappa shape index (κ1) is 30.9. The van der Waals surface area contributed by atoms with Crippen LogP contribution in [-0.2, 0) is 20.6 Å². The van der Waals surface area contributed by atoms with E-state index in [0.29, 0.717) is 0 Å². The van der Waals surface area contributed by atoms with E-state index in [4.69, 9.17) is 18.9 Å².